The number of hydrogen-bond acceptors (Lipinski definition) is 5. The van der Waals surface area contributed by atoms with Crippen molar-refractivity contribution in [2.45, 2.75) is 57.7 Å². The Kier molecular flexibility index (Phi) is 5.10. The summed E-state index contributed by atoms with van der Waals surface area (Å²) in [6.07, 6.45) is -1.37. The van der Waals surface area contributed by atoms with Crippen molar-refractivity contribution in [3.63, 3.8) is 0 Å². The normalized spacial score (nSPS) is 14.6. The van der Waals surface area contributed by atoms with Gasteiger partial charge in [-0.15, -0.1) is 0 Å². The lowest BCUT2D eigenvalue weighted by molar-refractivity contribution is -0.137. The average molecular weight is 433 g/mol. The number of nitrogens with one attached hydrogen (secondary N) is 1. The number of alkyl halides is 3. The van der Waals surface area contributed by atoms with Crippen molar-refractivity contribution in [1.82, 2.24) is 25.2 Å². The Morgan fingerprint density at radius 3 is 2.61 bits per heavy atom. The van der Waals surface area contributed by atoms with E-state index in [1.165, 1.54) is 16.9 Å². The molecule has 0 bridgehead atoms. The molecular formula is C21H22F3N5O2. The summed E-state index contributed by atoms with van der Waals surface area (Å²) in [7, 11) is 0. The lowest BCUT2D eigenvalue weighted by Crippen LogP contribution is -2.24. The zero-order valence-electron chi connectivity index (χ0n) is 17.3. The number of carbonyl (C=O) groups is 1. The highest BCUT2D eigenvalue weighted by Crippen LogP contribution is 2.42. The molecule has 1 amide bonds. The smallest absolute Gasteiger partial charge is 0.344 e. The van der Waals surface area contributed by atoms with Crippen LogP contribution in [0.25, 0.3) is 5.69 Å². The molecule has 1 fully saturated rings. The maximum absolute atomic E-state index is 13.1. The van der Waals surface area contributed by atoms with Crippen molar-refractivity contribution < 1.29 is 22.5 Å². The van der Waals surface area contributed by atoms with Gasteiger partial charge in [0.2, 0.25) is 5.89 Å². The van der Waals surface area contributed by atoms with E-state index in [2.05, 4.69) is 20.6 Å². The molecule has 7 nitrogen and oxygen atoms in total. The maximum atomic E-state index is 13.1. The topological polar surface area (TPSA) is 85.8 Å². The third kappa shape index (κ3) is 4.47. The molecule has 2 aromatic heterocycles. The Bertz CT molecular complexity index is 1110. The molecule has 0 atom stereocenters. The fraction of sp³-hybridized carbons (Fsp3) is 0.429. The van der Waals surface area contributed by atoms with Crippen LogP contribution in [0.4, 0.5) is 13.2 Å². The molecule has 3 aromatic rings. The molecule has 1 N–H and O–H groups in total. The molecule has 31 heavy (non-hydrogen) atoms. The van der Waals surface area contributed by atoms with E-state index >= 15 is 0 Å². The Morgan fingerprint density at radius 1 is 1.26 bits per heavy atom. The lowest BCUT2D eigenvalue weighted by atomic mass is 9.97. The first-order valence-electron chi connectivity index (χ1n) is 9.91. The van der Waals surface area contributed by atoms with Crippen LogP contribution in [-0.2, 0) is 18.1 Å². The molecule has 4 rings (SSSR count). The molecular weight excluding hydrogens is 411 g/mol. The van der Waals surface area contributed by atoms with Crippen LogP contribution in [0, 0.1) is 0 Å². The van der Waals surface area contributed by atoms with Crippen molar-refractivity contribution in [2.24, 2.45) is 0 Å². The summed E-state index contributed by atoms with van der Waals surface area (Å²) < 4.78 is 46.0. The first kappa shape index (κ1) is 21.1. The number of halogens is 3. The van der Waals surface area contributed by atoms with Crippen LogP contribution in [0.2, 0.25) is 0 Å². The van der Waals surface area contributed by atoms with Crippen LogP contribution in [-0.4, -0.2) is 25.8 Å². The highest BCUT2D eigenvalue weighted by molar-refractivity contribution is 5.95. The van der Waals surface area contributed by atoms with Crippen molar-refractivity contribution in [1.29, 1.82) is 0 Å². The van der Waals surface area contributed by atoms with Gasteiger partial charge in [-0.25, -0.2) is 4.68 Å². The summed E-state index contributed by atoms with van der Waals surface area (Å²) in [6, 6.07) is 4.92. The Morgan fingerprint density at radius 2 is 2.00 bits per heavy atom. The standard InChI is InChI=1S/C21H22F3N5O2/c1-20(2,3)19-27-16(28-31-19)11-25-18(30)15-10-26-29(17(15)12-7-8-12)14-6-4-5-13(9-14)21(22,23)24/h4-6,9-10,12H,7-8,11H2,1-3H3,(H,25,30). The molecule has 1 aliphatic rings. The van der Waals surface area contributed by atoms with Gasteiger partial charge in [-0.1, -0.05) is 32.0 Å². The van der Waals surface area contributed by atoms with Gasteiger partial charge in [0.1, 0.15) is 0 Å². The fourth-order valence-electron chi connectivity index (χ4n) is 3.19. The number of aromatic nitrogens is 4. The number of rotatable bonds is 5. The summed E-state index contributed by atoms with van der Waals surface area (Å²) in [5.41, 5.74) is 0.143. The second-order valence-corrected chi connectivity index (χ2v) is 8.63. The van der Waals surface area contributed by atoms with Crippen molar-refractivity contribution in [3.8, 4) is 5.69 Å². The molecule has 0 aliphatic heterocycles. The average Bonchev–Trinajstić information content (AvgIpc) is 3.24. The monoisotopic (exact) mass is 433 g/mol. The Labute approximate surface area is 176 Å². The summed E-state index contributed by atoms with van der Waals surface area (Å²) >= 11 is 0. The second-order valence-electron chi connectivity index (χ2n) is 8.63. The molecule has 1 aromatic carbocycles. The first-order valence-corrected chi connectivity index (χ1v) is 9.91. The van der Waals surface area contributed by atoms with Crippen LogP contribution in [0.5, 0.6) is 0 Å². The van der Waals surface area contributed by atoms with E-state index in [1.54, 1.807) is 6.07 Å². The Balaban J connectivity index is 1.57. The highest BCUT2D eigenvalue weighted by Gasteiger charge is 2.34. The van der Waals surface area contributed by atoms with E-state index in [4.69, 9.17) is 4.52 Å². The zero-order chi connectivity index (χ0) is 22.4. The maximum Gasteiger partial charge on any atom is 0.416 e. The lowest BCUT2D eigenvalue weighted by Gasteiger charge is -2.12. The molecule has 10 heteroatoms. The van der Waals surface area contributed by atoms with Gasteiger partial charge in [-0.2, -0.15) is 23.3 Å². The molecule has 2 heterocycles. The summed E-state index contributed by atoms with van der Waals surface area (Å²) in [5.74, 6) is 0.502. The number of amides is 1. The van der Waals surface area contributed by atoms with Crippen LogP contribution >= 0.6 is 0 Å². The van der Waals surface area contributed by atoms with E-state index in [0.29, 0.717) is 23.0 Å². The largest absolute Gasteiger partial charge is 0.416 e. The fourth-order valence-corrected chi connectivity index (χ4v) is 3.19. The molecule has 1 saturated carbocycles. The predicted octanol–water partition coefficient (Wildman–Crippen LogP) is 4.38. The predicted molar refractivity (Wildman–Crippen MR) is 105 cm³/mol. The van der Waals surface area contributed by atoms with E-state index in [9.17, 15) is 18.0 Å². The SMILES string of the molecule is CC(C)(C)c1nc(CNC(=O)c2cnn(-c3cccc(C(F)(F)F)c3)c2C2CC2)no1. The van der Waals surface area contributed by atoms with Gasteiger partial charge in [0.25, 0.3) is 5.91 Å². The van der Waals surface area contributed by atoms with Gasteiger partial charge < -0.3 is 9.84 Å². The van der Waals surface area contributed by atoms with Gasteiger partial charge >= 0.3 is 6.18 Å². The number of carbonyl (C=O) groups excluding carboxylic acids is 1. The minimum absolute atomic E-state index is 0.0667. The van der Waals surface area contributed by atoms with Gasteiger partial charge in [-0.05, 0) is 31.0 Å². The number of hydrogen-bond donors (Lipinski definition) is 1. The van der Waals surface area contributed by atoms with Crippen LogP contribution in [0.3, 0.4) is 0 Å². The van der Waals surface area contributed by atoms with Crippen LogP contribution in [0.15, 0.2) is 35.0 Å². The highest BCUT2D eigenvalue weighted by atomic mass is 19.4. The van der Waals surface area contributed by atoms with Crippen molar-refractivity contribution >= 4 is 5.91 Å². The summed E-state index contributed by atoms with van der Waals surface area (Å²) in [6.45, 7) is 5.88. The summed E-state index contributed by atoms with van der Waals surface area (Å²) in [4.78, 5) is 17.1. The van der Waals surface area contributed by atoms with Crippen molar-refractivity contribution in [3.05, 3.63) is 59.0 Å². The van der Waals surface area contributed by atoms with Gasteiger partial charge in [0, 0.05) is 11.3 Å². The first-order chi connectivity index (χ1) is 14.5. The molecule has 0 spiro atoms. The molecule has 1 aliphatic carbocycles. The van der Waals surface area contributed by atoms with Gasteiger partial charge in [-0.3, -0.25) is 4.79 Å². The van der Waals surface area contributed by atoms with Crippen LogP contribution in [0.1, 0.15) is 72.9 Å². The zero-order valence-corrected chi connectivity index (χ0v) is 17.3. The van der Waals surface area contributed by atoms with Crippen LogP contribution < -0.4 is 5.32 Å². The van der Waals surface area contributed by atoms with E-state index < -0.39 is 11.7 Å². The second kappa shape index (κ2) is 7.51. The van der Waals surface area contributed by atoms with E-state index in [1.807, 2.05) is 20.8 Å². The molecule has 164 valence electrons. The third-order valence-corrected chi connectivity index (χ3v) is 4.95. The number of benzene rings is 1. The molecule has 0 radical (unpaired) electrons. The quantitative estimate of drug-likeness (QED) is 0.646. The minimum atomic E-state index is -4.46. The van der Waals surface area contributed by atoms with Gasteiger partial charge in [0.05, 0.1) is 35.2 Å². The van der Waals surface area contributed by atoms with Crippen molar-refractivity contribution in [2.75, 3.05) is 0 Å². The summed E-state index contributed by atoms with van der Waals surface area (Å²) in [5, 5.41) is 10.8. The Hall–Kier alpha value is -3.17. The molecule has 0 saturated heterocycles. The molecule has 0 unspecified atom stereocenters. The minimum Gasteiger partial charge on any atom is -0.344 e. The van der Waals surface area contributed by atoms with Gasteiger partial charge in [0.15, 0.2) is 5.82 Å². The van der Waals surface area contributed by atoms with E-state index in [-0.39, 0.29) is 29.5 Å². The third-order valence-electron chi connectivity index (χ3n) is 4.95. The number of nitrogens with zero attached hydrogens (tertiary/aromatic N) is 4. The van der Waals surface area contributed by atoms with E-state index in [0.717, 1.165) is 25.0 Å².